The third kappa shape index (κ3) is 2.96. The average molecular weight is 325 g/mol. The first-order chi connectivity index (χ1) is 10.8. The number of aryl methyl sites for hydroxylation is 2. The van der Waals surface area contributed by atoms with E-state index in [2.05, 4.69) is 51.7 Å². The molecule has 0 bridgehead atoms. The van der Waals surface area contributed by atoms with E-state index in [1.807, 2.05) is 12.1 Å². The number of pyridine rings is 2. The zero-order chi connectivity index (χ0) is 16.8. The maximum absolute atomic E-state index is 6.44. The monoisotopic (exact) mass is 324 g/mol. The molecular weight excluding hydrogens is 304 g/mol. The molecule has 0 saturated heterocycles. The number of benzene rings is 1. The molecule has 1 aromatic carbocycles. The Bertz CT molecular complexity index is 892. The third-order valence-corrected chi connectivity index (χ3v) is 4.53. The van der Waals surface area contributed by atoms with Gasteiger partial charge in [0.25, 0.3) is 0 Å². The van der Waals surface area contributed by atoms with Gasteiger partial charge in [-0.05, 0) is 54.2 Å². The third-order valence-electron chi connectivity index (χ3n) is 4.22. The summed E-state index contributed by atoms with van der Waals surface area (Å²) >= 11 is 6.44. The molecular formula is C20H21ClN2. The fourth-order valence-corrected chi connectivity index (χ4v) is 3.34. The Hall–Kier alpha value is -1.93. The first-order valence-electron chi connectivity index (χ1n) is 7.80. The van der Waals surface area contributed by atoms with Gasteiger partial charge in [-0.2, -0.15) is 0 Å². The molecule has 0 aliphatic carbocycles. The van der Waals surface area contributed by atoms with E-state index >= 15 is 0 Å². The molecule has 0 saturated carbocycles. The zero-order valence-corrected chi connectivity index (χ0v) is 15.0. The molecule has 0 aliphatic heterocycles. The minimum absolute atomic E-state index is 0.131. The fraction of sp³-hybridized carbons (Fsp3) is 0.300. The highest BCUT2D eigenvalue weighted by Gasteiger charge is 2.18. The van der Waals surface area contributed by atoms with E-state index in [0.717, 1.165) is 22.2 Å². The van der Waals surface area contributed by atoms with Crippen LogP contribution in [0.15, 0.2) is 36.7 Å². The van der Waals surface area contributed by atoms with Crippen LogP contribution in [0, 0.1) is 13.8 Å². The highest BCUT2D eigenvalue weighted by Crippen LogP contribution is 2.34. The fourth-order valence-electron chi connectivity index (χ4n) is 3.08. The van der Waals surface area contributed by atoms with Crippen molar-refractivity contribution in [1.82, 2.24) is 9.97 Å². The number of nitrogens with zero attached hydrogens (tertiary/aromatic N) is 2. The van der Waals surface area contributed by atoms with Gasteiger partial charge >= 0.3 is 0 Å². The van der Waals surface area contributed by atoms with Crippen LogP contribution in [0.4, 0.5) is 0 Å². The van der Waals surface area contributed by atoms with Crippen LogP contribution in [0.3, 0.4) is 0 Å². The predicted octanol–water partition coefficient (Wildman–Crippen LogP) is 5.86. The molecule has 3 aromatic rings. The highest BCUT2D eigenvalue weighted by atomic mass is 35.5. The van der Waals surface area contributed by atoms with E-state index in [-0.39, 0.29) is 5.41 Å². The normalized spacial score (nSPS) is 11.9. The number of hydrogen-bond acceptors (Lipinski definition) is 2. The summed E-state index contributed by atoms with van der Waals surface area (Å²) in [6.45, 7) is 11.0. The Morgan fingerprint density at radius 1 is 1.00 bits per heavy atom. The standard InChI is InChI=1S/C20H21ClN2/c1-12-9-16(20(3,4)5)13(2)8-15(12)18-10-17(21)14-6-7-22-11-19(14)23-18/h6-11H,1-5H3. The summed E-state index contributed by atoms with van der Waals surface area (Å²) in [4.78, 5) is 8.91. The topological polar surface area (TPSA) is 25.8 Å². The molecule has 0 aliphatic rings. The average Bonchev–Trinajstić information content (AvgIpc) is 2.48. The number of aromatic nitrogens is 2. The molecule has 0 radical (unpaired) electrons. The lowest BCUT2D eigenvalue weighted by Gasteiger charge is -2.23. The second-order valence-corrected chi connectivity index (χ2v) is 7.52. The second-order valence-electron chi connectivity index (χ2n) is 7.11. The smallest absolute Gasteiger partial charge is 0.0907 e. The number of halogens is 1. The molecule has 2 heterocycles. The van der Waals surface area contributed by atoms with E-state index < -0.39 is 0 Å². The van der Waals surface area contributed by atoms with Crippen molar-refractivity contribution in [2.45, 2.75) is 40.0 Å². The van der Waals surface area contributed by atoms with Crippen LogP contribution in [-0.4, -0.2) is 9.97 Å². The molecule has 0 atom stereocenters. The lowest BCUT2D eigenvalue weighted by molar-refractivity contribution is 0.585. The summed E-state index contributed by atoms with van der Waals surface area (Å²) in [6.07, 6.45) is 3.50. The number of fused-ring (bicyclic) bond motifs is 1. The van der Waals surface area contributed by atoms with Gasteiger partial charge in [-0.15, -0.1) is 0 Å². The van der Waals surface area contributed by atoms with Crippen LogP contribution in [0.1, 0.15) is 37.5 Å². The summed E-state index contributed by atoms with van der Waals surface area (Å²) in [5.74, 6) is 0. The van der Waals surface area contributed by atoms with Crippen molar-refractivity contribution in [3.05, 3.63) is 58.4 Å². The van der Waals surface area contributed by atoms with Gasteiger partial charge in [0.05, 0.1) is 22.4 Å². The van der Waals surface area contributed by atoms with Gasteiger partial charge in [0, 0.05) is 17.1 Å². The molecule has 0 N–H and O–H groups in total. The Labute approximate surface area is 142 Å². The van der Waals surface area contributed by atoms with Crippen molar-refractivity contribution in [2.24, 2.45) is 0 Å². The Morgan fingerprint density at radius 3 is 2.43 bits per heavy atom. The molecule has 0 amide bonds. The molecule has 0 fully saturated rings. The Morgan fingerprint density at radius 2 is 1.74 bits per heavy atom. The summed E-state index contributed by atoms with van der Waals surface area (Å²) in [5.41, 5.74) is 6.85. The van der Waals surface area contributed by atoms with Crippen molar-refractivity contribution in [3.63, 3.8) is 0 Å². The Balaban J connectivity index is 2.21. The SMILES string of the molecule is Cc1cc(C(C)(C)C)c(C)cc1-c1cc(Cl)c2ccncc2n1. The molecule has 2 nitrogen and oxygen atoms in total. The second kappa shape index (κ2) is 5.61. The first kappa shape index (κ1) is 15.9. The van der Waals surface area contributed by atoms with Crippen LogP contribution < -0.4 is 0 Å². The van der Waals surface area contributed by atoms with E-state index in [9.17, 15) is 0 Å². The summed E-state index contributed by atoms with van der Waals surface area (Å²) < 4.78 is 0. The largest absolute Gasteiger partial charge is 0.262 e. The van der Waals surface area contributed by atoms with Gasteiger partial charge < -0.3 is 0 Å². The molecule has 2 aromatic heterocycles. The number of rotatable bonds is 1. The van der Waals surface area contributed by atoms with Crippen LogP contribution in [0.25, 0.3) is 22.2 Å². The summed E-state index contributed by atoms with van der Waals surface area (Å²) in [6, 6.07) is 8.34. The van der Waals surface area contributed by atoms with E-state index in [1.54, 1.807) is 12.4 Å². The first-order valence-corrected chi connectivity index (χ1v) is 8.17. The van der Waals surface area contributed by atoms with Gasteiger partial charge in [0.1, 0.15) is 0 Å². The molecule has 3 heteroatoms. The van der Waals surface area contributed by atoms with Crippen molar-refractivity contribution >= 4 is 22.5 Å². The van der Waals surface area contributed by atoms with E-state index in [4.69, 9.17) is 16.6 Å². The van der Waals surface area contributed by atoms with E-state index in [1.165, 1.54) is 16.7 Å². The van der Waals surface area contributed by atoms with Crippen molar-refractivity contribution in [3.8, 4) is 11.3 Å². The van der Waals surface area contributed by atoms with E-state index in [0.29, 0.717) is 5.02 Å². The molecule has 3 rings (SSSR count). The van der Waals surface area contributed by atoms with Crippen molar-refractivity contribution in [1.29, 1.82) is 0 Å². The summed E-state index contributed by atoms with van der Waals surface area (Å²) in [5, 5.41) is 1.65. The molecule has 0 unspecified atom stereocenters. The van der Waals surface area contributed by atoms with Crippen LogP contribution >= 0.6 is 11.6 Å². The predicted molar refractivity (Wildman–Crippen MR) is 98.2 cm³/mol. The molecule has 0 spiro atoms. The maximum Gasteiger partial charge on any atom is 0.0907 e. The lowest BCUT2D eigenvalue weighted by Crippen LogP contribution is -2.13. The zero-order valence-electron chi connectivity index (χ0n) is 14.2. The van der Waals surface area contributed by atoms with Crippen molar-refractivity contribution in [2.75, 3.05) is 0 Å². The lowest BCUT2D eigenvalue weighted by atomic mass is 9.82. The summed E-state index contributed by atoms with van der Waals surface area (Å²) in [7, 11) is 0. The van der Waals surface area contributed by atoms with Crippen LogP contribution in [0.5, 0.6) is 0 Å². The van der Waals surface area contributed by atoms with Gasteiger partial charge in [-0.3, -0.25) is 4.98 Å². The minimum Gasteiger partial charge on any atom is -0.262 e. The molecule has 23 heavy (non-hydrogen) atoms. The van der Waals surface area contributed by atoms with Gasteiger partial charge in [0.2, 0.25) is 0 Å². The van der Waals surface area contributed by atoms with Gasteiger partial charge in [-0.25, -0.2) is 4.98 Å². The quantitative estimate of drug-likeness (QED) is 0.560. The highest BCUT2D eigenvalue weighted by molar-refractivity contribution is 6.35. The minimum atomic E-state index is 0.131. The Kier molecular flexibility index (Phi) is 3.89. The van der Waals surface area contributed by atoms with Crippen LogP contribution in [0.2, 0.25) is 5.02 Å². The van der Waals surface area contributed by atoms with Gasteiger partial charge in [0.15, 0.2) is 0 Å². The number of hydrogen-bond donors (Lipinski definition) is 0. The maximum atomic E-state index is 6.44. The van der Waals surface area contributed by atoms with Gasteiger partial charge in [-0.1, -0.05) is 38.4 Å². The van der Waals surface area contributed by atoms with Crippen molar-refractivity contribution < 1.29 is 0 Å². The van der Waals surface area contributed by atoms with Crippen LogP contribution in [-0.2, 0) is 5.41 Å². The molecule has 118 valence electrons.